The number of allylic oxidation sites excluding steroid dienone is 1. The summed E-state index contributed by atoms with van der Waals surface area (Å²) in [5, 5.41) is 10.5. The molecule has 1 N–H and O–H groups in total. The van der Waals surface area contributed by atoms with Gasteiger partial charge in [0.1, 0.15) is 5.75 Å². The fourth-order valence-electron chi connectivity index (χ4n) is 0.909. The molecule has 0 unspecified atom stereocenters. The summed E-state index contributed by atoms with van der Waals surface area (Å²) >= 11 is 9.07. The summed E-state index contributed by atoms with van der Waals surface area (Å²) < 4.78 is 0. The van der Waals surface area contributed by atoms with Crippen molar-refractivity contribution in [1.29, 1.82) is 0 Å². The molecule has 1 nitrogen and oxygen atoms in total. The molecular formula is C10H10BrClO. The third kappa shape index (κ3) is 3.41. The first-order chi connectivity index (χ1) is 6.24. The van der Waals surface area contributed by atoms with Gasteiger partial charge in [-0.1, -0.05) is 45.7 Å². The highest BCUT2D eigenvalue weighted by Crippen LogP contribution is 2.24. The smallest absolute Gasteiger partial charge is 0.134 e. The van der Waals surface area contributed by atoms with Crippen molar-refractivity contribution >= 4 is 33.6 Å². The Bertz CT molecular complexity index is 310. The summed E-state index contributed by atoms with van der Waals surface area (Å²) in [7, 11) is 0. The van der Waals surface area contributed by atoms with E-state index in [0.29, 0.717) is 5.02 Å². The van der Waals surface area contributed by atoms with Gasteiger partial charge in [-0.05, 0) is 24.1 Å². The van der Waals surface area contributed by atoms with E-state index in [1.807, 2.05) is 12.1 Å². The predicted octanol–water partition coefficient (Wildman–Crippen LogP) is 3.84. The predicted molar refractivity (Wildman–Crippen MR) is 60.6 cm³/mol. The molecule has 1 aromatic carbocycles. The van der Waals surface area contributed by atoms with Crippen molar-refractivity contribution in [2.24, 2.45) is 0 Å². The van der Waals surface area contributed by atoms with E-state index in [2.05, 4.69) is 22.0 Å². The van der Waals surface area contributed by atoms with Gasteiger partial charge < -0.3 is 5.11 Å². The number of rotatable bonds is 3. The van der Waals surface area contributed by atoms with Crippen LogP contribution >= 0.6 is 27.5 Å². The Balaban J connectivity index is 2.73. The molecule has 0 aliphatic rings. The average molecular weight is 262 g/mol. The van der Waals surface area contributed by atoms with Crippen LogP contribution in [0, 0.1) is 0 Å². The molecule has 0 spiro atoms. The molecule has 1 rings (SSSR count). The summed E-state index contributed by atoms with van der Waals surface area (Å²) in [6, 6.07) is 5.16. The molecule has 0 radical (unpaired) electrons. The zero-order valence-corrected chi connectivity index (χ0v) is 9.35. The third-order valence-corrected chi connectivity index (χ3v) is 2.32. The maximum absolute atomic E-state index is 9.15. The van der Waals surface area contributed by atoms with Gasteiger partial charge in [-0.25, -0.2) is 0 Å². The van der Waals surface area contributed by atoms with Gasteiger partial charge in [0.25, 0.3) is 0 Å². The van der Waals surface area contributed by atoms with E-state index in [1.165, 1.54) is 0 Å². The molecule has 0 saturated carbocycles. The van der Waals surface area contributed by atoms with Gasteiger partial charge >= 0.3 is 0 Å². The molecule has 0 saturated heterocycles. The molecule has 13 heavy (non-hydrogen) atoms. The molecule has 0 aliphatic carbocycles. The minimum Gasteiger partial charge on any atom is -0.506 e. The molecule has 0 bridgehead atoms. The second-order valence-corrected chi connectivity index (χ2v) is 3.79. The van der Waals surface area contributed by atoms with Crippen LogP contribution in [-0.4, -0.2) is 10.4 Å². The van der Waals surface area contributed by atoms with Crippen LogP contribution in [0.5, 0.6) is 5.75 Å². The van der Waals surface area contributed by atoms with Gasteiger partial charge in [0.2, 0.25) is 0 Å². The van der Waals surface area contributed by atoms with Gasteiger partial charge in [-0.3, -0.25) is 0 Å². The van der Waals surface area contributed by atoms with E-state index in [0.717, 1.165) is 17.3 Å². The van der Waals surface area contributed by atoms with E-state index >= 15 is 0 Å². The molecule has 0 heterocycles. The van der Waals surface area contributed by atoms with Crippen molar-refractivity contribution in [2.75, 3.05) is 5.33 Å². The van der Waals surface area contributed by atoms with Crippen molar-refractivity contribution in [3.05, 3.63) is 34.9 Å². The van der Waals surface area contributed by atoms with Crippen molar-refractivity contribution in [1.82, 2.24) is 0 Å². The second-order valence-electron chi connectivity index (χ2n) is 2.59. The standard InChI is InChI=1S/C10H10BrClO/c11-6-2-1-3-8-4-5-10(13)9(12)7-8/h1,3-5,7,13H,2,6H2. The van der Waals surface area contributed by atoms with E-state index in [-0.39, 0.29) is 5.75 Å². The first-order valence-electron chi connectivity index (χ1n) is 3.95. The lowest BCUT2D eigenvalue weighted by Gasteiger charge is -1.97. The second kappa shape index (κ2) is 5.30. The van der Waals surface area contributed by atoms with Crippen LogP contribution in [0.25, 0.3) is 6.08 Å². The largest absolute Gasteiger partial charge is 0.506 e. The lowest BCUT2D eigenvalue weighted by molar-refractivity contribution is 0.475. The molecule has 0 aromatic heterocycles. The maximum atomic E-state index is 9.15. The van der Waals surface area contributed by atoms with E-state index in [1.54, 1.807) is 12.1 Å². The summed E-state index contributed by atoms with van der Waals surface area (Å²) in [6.07, 6.45) is 5.02. The van der Waals surface area contributed by atoms with E-state index < -0.39 is 0 Å². The van der Waals surface area contributed by atoms with Crippen LogP contribution < -0.4 is 0 Å². The summed E-state index contributed by atoms with van der Waals surface area (Å²) in [5.74, 6) is 0.124. The van der Waals surface area contributed by atoms with Crippen LogP contribution in [0.2, 0.25) is 5.02 Å². The number of hydrogen-bond donors (Lipinski definition) is 1. The quantitative estimate of drug-likeness (QED) is 0.820. The van der Waals surface area contributed by atoms with Crippen LogP contribution in [-0.2, 0) is 0 Å². The lowest BCUT2D eigenvalue weighted by Crippen LogP contribution is -1.73. The average Bonchev–Trinajstić information content (AvgIpc) is 2.12. The van der Waals surface area contributed by atoms with Gasteiger partial charge in [-0.2, -0.15) is 0 Å². The number of hydrogen-bond acceptors (Lipinski definition) is 1. The SMILES string of the molecule is Oc1ccc(C=CCCBr)cc1Cl. The molecule has 0 aliphatic heterocycles. The molecular weight excluding hydrogens is 251 g/mol. The molecule has 3 heteroatoms. The molecule has 1 aromatic rings. The van der Waals surface area contributed by atoms with Crippen LogP contribution in [0.15, 0.2) is 24.3 Å². The lowest BCUT2D eigenvalue weighted by atomic mass is 10.2. The number of phenols is 1. The number of phenolic OH excluding ortho intramolecular Hbond substituents is 1. The summed E-state index contributed by atoms with van der Waals surface area (Å²) in [5.41, 5.74) is 1.00. The minimum absolute atomic E-state index is 0.124. The molecule has 0 atom stereocenters. The minimum atomic E-state index is 0.124. The number of alkyl halides is 1. The topological polar surface area (TPSA) is 20.2 Å². The Morgan fingerprint density at radius 3 is 2.85 bits per heavy atom. The Morgan fingerprint density at radius 2 is 2.23 bits per heavy atom. The van der Waals surface area contributed by atoms with E-state index in [9.17, 15) is 0 Å². The summed E-state index contributed by atoms with van der Waals surface area (Å²) in [4.78, 5) is 0. The van der Waals surface area contributed by atoms with Gasteiger partial charge in [0.05, 0.1) is 5.02 Å². The normalized spacial score (nSPS) is 10.9. The number of halogens is 2. The maximum Gasteiger partial charge on any atom is 0.134 e. The first kappa shape index (κ1) is 10.6. The van der Waals surface area contributed by atoms with Crippen LogP contribution in [0.3, 0.4) is 0 Å². The Morgan fingerprint density at radius 1 is 1.46 bits per heavy atom. The highest BCUT2D eigenvalue weighted by molar-refractivity contribution is 9.09. The summed E-state index contributed by atoms with van der Waals surface area (Å²) in [6.45, 7) is 0. The number of benzene rings is 1. The third-order valence-electron chi connectivity index (χ3n) is 1.56. The molecule has 70 valence electrons. The van der Waals surface area contributed by atoms with Crippen LogP contribution in [0.1, 0.15) is 12.0 Å². The highest BCUT2D eigenvalue weighted by atomic mass is 79.9. The van der Waals surface area contributed by atoms with Gasteiger partial charge in [0, 0.05) is 5.33 Å². The van der Waals surface area contributed by atoms with Crippen molar-refractivity contribution in [3.8, 4) is 5.75 Å². The van der Waals surface area contributed by atoms with Crippen molar-refractivity contribution < 1.29 is 5.11 Å². The Hall–Kier alpha value is -0.470. The fraction of sp³-hybridized carbons (Fsp3) is 0.200. The van der Waals surface area contributed by atoms with Gasteiger partial charge in [0.15, 0.2) is 0 Å². The molecule has 0 amide bonds. The monoisotopic (exact) mass is 260 g/mol. The Labute approximate surface area is 91.2 Å². The zero-order chi connectivity index (χ0) is 9.68. The Kier molecular flexibility index (Phi) is 4.33. The fourth-order valence-corrected chi connectivity index (χ4v) is 1.36. The highest BCUT2D eigenvalue weighted by Gasteiger charge is 1.96. The van der Waals surface area contributed by atoms with E-state index in [4.69, 9.17) is 16.7 Å². The van der Waals surface area contributed by atoms with Crippen molar-refractivity contribution in [2.45, 2.75) is 6.42 Å². The molecule has 0 fully saturated rings. The number of aromatic hydroxyl groups is 1. The zero-order valence-electron chi connectivity index (χ0n) is 7.00. The van der Waals surface area contributed by atoms with Crippen LogP contribution in [0.4, 0.5) is 0 Å². The first-order valence-corrected chi connectivity index (χ1v) is 5.45. The van der Waals surface area contributed by atoms with Crippen molar-refractivity contribution in [3.63, 3.8) is 0 Å². The van der Waals surface area contributed by atoms with Gasteiger partial charge in [-0.15, -0.1) is 0 Å².